The molecule has 0 bridgehead atoms. The number of ether oxygens (including phenoxy) is 2. The minimum Gasteiger partial charge on any atom is -0.389 e. The Labute approximate surface area is 141 Å². The van der Waals surface area contributed by atoms with Crippen molar-refractivity contribution < 1.29 is 14.6 Å². The first kappa shape index (κ1) is 16.6. The van der Waals surface area contributed by atoms with Crippen LogP contribution in [0.15, 0.2) is 47.2 Å². The smallest absolute Gasteiger partial charge is 0.0960 e. The quantitative estimate of drug-likeness (QED) is 0.846. The van der Waals surface area contributed by atoms with Crippen molar-refractivity contribution in [2.45, 2.75) is 18.8 Å². The zero-order valence-corrected chi connectivity index (χ0v) is 14.0. The molecule has 0 spiro atoms. The zero-order valence-electron chi connectivity index (χ0n) is 13.1. The van der Waals surface area contributed by atoms with Crippen LogP contribution in [-0.4, -0.2) is 49.0 Å². The van der Waals surface area contributed by atoms with E-state index in [1.165, 1.54) is 5.56 Å². The molecule has 4 nitrogen and oxygen atoms in total. The summed E-state index contributed by atoms with van der Waals surface area (Å²) in [5.41, 5.74) is 2.36. The summed E-state index contributed by atoms with van der Waals surface area (Å²) < 4.78 is 11.4. The topological polar surface area (TPSA) is 41.9 Å². The number of aliphatic hydroxyl groups excluding tert-OH is 1. The number of benzene rings is 1. The van der Waals surface area contributed by atoms with Crippen LogP contribution in [0.5, 0.6) is 0 Å². The lowest BCUT2D eigenvalue weighted by atomic mass is 10.1. The Morgan fingerprint density at radius 3 is 2.96 bits per heavy atom. The van der Waals surface area contributed by atoms with Crippen molar-refractivity contribution in [1.29, 1.82) is 0 Å². The molecule has 1 fully saturated rings. The molecule has 0 aliphatic carbocycles. The minimum absolute atomic E-state index is 0.118. The van der Waals surface area contributed by atoms with Gasteiger partial charge in [0.15, 0.2) is 0 Å². The van der Waals surface area contributed by atoms with Gasteiger partial charge >= 0.3 is 0 Å². The predicted molar refractivity (Wildman–Crippen MR) is 91.6 cm³/mol. The van der Waals surface area contributed by atoms with Crippen molar-refractivity contribution >= 4 is 11.3 Å². The van der Waals surface area contributed by atoms with Crippen molar-refractivity contribution in [3.05, 3.63) is 58.3 Å². The zero-order chi connectivity index (χ0) is 15.9. The predicted octanol–water partition coefficient (Wildman–Crippen LogP) is 2.70. The van der Waals surface area contributed by atoms with Gasteiger partial charge in [0.2, 0.25) is 0 Å². The SMILES string of the molecule is O[C@@H](COCc1ccccc1)CN1CCOC(c2ccsc2)C1. The van der Waals surface area contributed by atoms with E-state index in [2.05, 4.69) is 21.7 Å². The Hall–Kier alpha value is -1.24. The number of aliphatic hydroxyl groups is 1. The highest BCUT2D eigenvalue weighted by atomic mass is 32.1. The van der Waals surface area contributed by atoms with Crippen LogP contribution >= 0.6 is 11.3 Å². The number of morpholine rings is 1. The molecule has 2 aromatic rings. The third-order valence-electron chi connectivity index (χ3n) is 3.96. The number of β-amino-alcohol motifs (C(OH)–C–C–N with tert-alkyl or cyclic N) is 1. The lowest BCUT2D eigenvalue weighted by Gasteiger charge is -2.33. The summed E-state index contributed by atoms with van der Waals surface area (Å²) in [5, 5.41) is 14.4. The molecular weight excluding hydrogens is 310 g/mol. The van der Waals surface area contributed by atoms with E-state index in [1.54, 1.807) is 11.3 Å². The molecule has 2 atom stereocenters. The first-order chi connectivity index (χ1) is 11.3. The van der Waals surface area contributed by atoms with Crippen molar-refractivity contribution in [1.82, 2.24) is 4.90 Å². The molecule has 1 aliphatic rings. The second-order valence-corrected chi connectivity index (χ2v) is 6.61. The summed E-state index contributed by atoms with van der Waals surface area (Å²) in [5.74, 6) is 0. The fourth-order valence-electron chi connectivity index (χ4n) is 2.77. The molecular formula is C18H23NO3S. The van der Waals surface area contributed by atoms with Crippen LogP contribution in [0.3, 0.4) is 0 Å². The first-order valence-electron chi connectivity index (χ1n) is 7.97. The third kappa shape index (κ3) is 5.12. The van der Waals surface area contributed by atoms with Crippen LogP contribution in [0.1, 0.15) is 17.2 Å². The van der Waals surface area contributed by atoms with E-state index in [1.807, 2.05) is 30.3 Å². The molecule has 3 rings (SSSR count). The van der Waals surface area contributed by atoms with Gasteiger partial charge in [0.1, 0.15) is 0 Å². The Morgan fingerprint density at radius 1 is 1.30 bits per heavy atom. The molecule has 1 unspecified atom stereocenters. The molecule has 1 aromatic carbocycles. The van der Waals surface area contributed by atoms with Crippen LogP contribution in [0.2, 0.25) is 0 Å². The minimum atomic E-state index is -0.472. The van der Waals surface area contributed by atoms with Crippen LogP contribution in [0, 0.1) is 0 Å². The van der Waals surface area contributed by atoms with Crippen LogP contribution in [0.4, 0.5) is 0 Å². The van der Waals surface area contributed by atoms with Crippen LogP contribution < -0.4 is 0 Å². The van der Waals surface area contributed by atoms with Gasteiger partial charge in [-0.1, -0.05) is 30.3 Å². The van der Waals surface area contributed by atoms with E-state index in [0.29, 0.717) is 26.4 Å². The molecule has 0 saturated carbocycles. The van der Waals surface area contributed by atoms with Gasteiger partial charge in [0, 0.05) is 19.6 Å². The standard InChI is InChI=1S/C18H23NO3S/c20-17(13-21-12-15-4-2-1-3-5-15)10-19-7-8-22-18(11-19)16-6-9-23-14-16/h1-6,9,14,17-18,20H,7-8,10-13H2/t17-,18?/m1/s1. The van der Waals surface area contributed by atoms with Crippen molar-refractivity contribution in [2.24, 2.45) is 0 Å². The van der Waals surface area contributed by atoms with E-state index in [0.717, 1.165) is 18.7 Å². The van der Waals surface area contributed by atoms with Gasteiger partial charge in [-0.2, -0.15) is 11.3 Å². The van der Waals surface area contributed by atoms with Gasteiger partial charge in [-0.05, 0) is 28.0 Å². The lowest BCUT2D eigenvalue weighted by Crippen LogP contribution is -2.43. The summed E-state index contributed by atoms with van der Waals surface area (Å²) in [6, 6.07) is 12.1. The van der Waals surface area contributed by atoms with Gasteiger partial charge < -0.3 is 14.6 Å². The Bertz CT molecular complexity index is 561. The average Bonchev–Trinajstić information content (AvgIpc) is 3.11. The van der Waals surface area contributed by atoms with E-state index in [-0.39, 0.29) is 6.10 Å². The van der Waals surface area contributed by atoms with E-state index in [4.69, 9.17) is 9.47 Å². The number of hydrogen-bond acceptors (Lipinski definition) is 5. The summed E-state index contributed by atoms with van der Waals surface area (Å²) in [7, 11) is 0. The van der Waals surface area contributed by atoms with Crippen LogP contribution in [-0.2, 0) is 16.1 Å². The molecule has 0 radical (unpaired) electrons. The highest BCUT2D eigenvalue weighted by Crippen LogP contribution is 2.24. The maximum Gasteiger partial charge on any atom is 0.0960 e. The fourth-order valence-corrected chi connectivity index (χ4v) is 3.47. The van der Waals surface area contributed by atoms with Gasteiger partial charge in [-0.15, -0.1) is 0 Å². The Kier molecular flexibility index (Phi) is 6.19. The fraction of sp³-hybridized carbons (Fsp3) is 0.444. The summed E-state index contributed by atoms with van der Waals surface area (Å²) >= 11 is 1.69. The number of thiophene rings is 1. The van der Waals surface area contributed by atoms with Gasteiger partial charge in [-0.3, -0.25) is 4.90 Å². The first-order valence-corrected chi connectivity index (χ1v) is 8.91. The van der Waals surface area contributed by atoms with Crippen molar-refractivity contribution in [3.8, 4) is 0 Å². The Balaban J connectivity index is 1.40. The molecule has 1 aromatic heterocycles. The van der Waals surface area contributed by atoms with Crippen molar-refractivity contribution in [3.63, 3.8) is 0 Å². The van der Waals surface area contributed by atoms with E-state index in [9.17, 15) is 5.11 Å². The monoisotopic (exact) mass is 333 g/mol. The second kappa shape index (κ2) is 8.57. The maximum atomic E-state index is 10.2. The maximum absolute atomic E-state index is 10.2. The third-order valence-corrected chi connectivity index (χ3v) is 4.66. The number of rotatable bonds is 7. The molecule has 124 valence electrons. The molecule has 0 amide bonds. The summed E-state index contributed by atoms with van der Waals surface area (Å²) in [4.78, 5) is 2.25. The number of nitrogens with zero attached hydrogens (tertiary/aromatic N) is 1. The Morgan fingerprint density at radius 2 is 2.17 bits per heavy atom. The molecule has 1 saturated heterocycles. The molecule has 1 N–H and O–H groups in total. The average molecular weight is 333 g/mol. The highest BCUT2D eigenvalue weighted by Gasteiger charge is 2.23. The lowest BCUT2D eigenvalue weighted by molar-refractivity contribution is -0.0535. The van der Waals surface area contributed by atoms with E-state index >= 15 is 0 Å². The molecule has 2 heterocycles. The highest BCUT2D eigenvalue weighted by molar-refractivity contribution is 7.07. The van der Waals surface area contributed by atoms with Crippen LogP contribution in [0.25, 0.3) is 0 Å². The summed E-state index contributed by atoms with van der Waals surface area (Å²) in [6.45, 7) is 3.91. The second-order valence-electron chi connectivity index (χ2n) is 5.83. The number of hydrogen-bond donors (Lipinski definition) is 1. The largest absolute Gasteiger partial charge is 0.389 e. The van der Waals surface area contributed by atoms with Crippen molar-refractivity contribution in [2.75, 3.05) is 32.8 Å². The van der Waals surface area contributed by atoms with E-state index < -0.39 is 6.10 Å². The molecule has 5 heteroatoms. The molecule has 23 heavy (non-hydrogen) atoms. The van der Waals surface area contributed by atoms with Gasteiger partial charge in [0.25, 0.3) is 0 Å². The van der Waals surface area contributed by atoms with Gasteiger partial charge in [-0.25, -0.2) is 0 Å². The normalized spacial score (nSPS) is 20.5. The molecule has 1 aliphatic heterocycles. The summed E-state index contributed by atoms with van der Waals surface area (Å²) in [6.07, 6.45) is -0.354. The van der Waals surface area contributed by atoms with Gasteiger partial charge in [0.05, 0.1) is 32.0 Å².